The first-order valence-electron chi connectivity index (χ1n) is 20.1. The summed E-state index contributed by atoms with van der Waals surface area (Å²) in [5.41, 5.74) is -7.87. The molecule has 0 bridgehead atoms. The van der Waals surface area contributed by atoms with E-state index in [4.69, 9.17) is 10.0 Å². The summed E-state index contributed by atoms with van der Waals surface area (Å²) in [5.74, 6) is -0.896. The molecule has 2 atom stereocenters. The molecule has 24 heteroatoms. The number of hydrogen-bond donors (Lipinski definition) is 4. The summed E-state index contributed by atoms with van der Waals surface area (Å²) in [6, 6.07) is 15.8. The maximum atomic E-state index is 14.1. The van der Waals surface area contributed by atoms with Crippen molar-refractivity contribution in [3.63, 3.8) is 0 Å². The van der Waals surface area contributed by atoms with Crippen LogP contribution in [0.5, 0.6) is 11.5 Å². The van der Waals surface area contributed by atoms with Gasteiger partial charge >= 0.3 is 32.2 Å². The molecule has 4 N–H and O–H groups in total. The molecule has 4 aromatic carbocycles. The molecule has 2 aromatic heterocycles. The summed E-state index contributed by atoms with van der Waals surface area (Å²) in [7, 11) is -1.70. The minimum absolute atomic E-state index is 0.0874. The fourth-order valence-electron chi connectivity index (χ4n) is 6.99. The van der Waals surface area contributed by atoms with Crippen LogP contribution in [0.25, 0.3) is 11.1 Å². The van der Waals surface area contributed by atoms with Crippen molar-refractivity contribution in [2.45, 2.75) is 77.8 Å². The highest BCUT2D eigenvalue weighted by Crippen LogP contribution is 2.51. The van der Waals surface area contributed by atoms with Gasteiger partial charge in [-0.25, -0.2) is 19.9 Å². The number of ether oxygens (including phenoxy) is 2. The molecule has 2 heterocycles. The lowest BCUT2D eigenvalue weighted by molar-refractivity contribution is -0.275. The fourth-order valence-corrected chi connectivity index (χ4v) is 7.35. The average molecular weight is 1070 g/mol. The lowest BCUT2D eigenvalue weighted by Crippen LogP contribution is -2.42. The van der Waals surface area contributed by atoms with Gasteiger partial charge < -0.3 is 29.7 Å². The number of halogens is 13. The molecule has 0 aliphatic carbocycles. The number of aliphatic hydroxyl groups is 2. The van der Waals surface area contributed by atoms with Gasteiger partial charge in [0.15, 0.2) is 0 Å². The van der Waals surface area contributed by atoms with Gasteiger partial charge in [0.05, 0.1) is 11.1 Å². The monoisotopic (exact) mass is 1060 g/mol. The van der Waals surface area contributed by atoms with E-state index >= 15 is 0 Å². The Kier molecular flexibility index (Phi) is 17.2. The van der Waals surface area contributed by atoms with Crippen molar-refractivity contribution in [2.24, 2.45) is 10.8 Å². The number of rotatable bonds is 8. The van der Waals surface area contributed by atoms with Crippen LogP contribution in [0.4, 0.5) is 52.7 Å². The third kappa shape index (κ3) is 14.2. The molecule has 0 aliphatic heterocycles. The molecule has 0 radical (unpaired) electrons. The van der Waals surface area contributed by atoms with E-state index in [1.807, 2.05) is 0 Å². The van der Waals surface area contributed by atoms with Crippen LogP contribution in [0, 0.1) is 10.8 Å². The normalized spacial score (nSPS) is 14.2. The fraction of sp³-hybridized carbons (Fsp3) is 0.304. The predicted molar refractivity (Wildman–Crippen MR) is 235 cm³/mol. The Hall–Kier alpha value is -5.82. The summed E-state index contributed by atoms with van der Waals surface area (Å²) in [4.78, 5) is 15.3. The van der Waals surface area contributed by atoms with E-state index in [1.54, 1.807) is 41.5 Å². The standard InChI is InChI=1S/C23H20F6N2O2.C16H16BrF3N2O.C7H6BF3O3/c1-20(2,3)21(32,16-11-30-13-31-12-16)18-9-6-15(10-19(18)22(24,25)26)14-4-7-17(8-5-14)33-23(27,28)29;1-14(2,3)15(23,10-7-21-9-22-8-10)12-5-4-11(17)6-13(12)16(18,19)20;9-7(10,11)14-6-3-1-5(2-4-6)8(12)13/h4-13,32H,1-3H3;4-9,23H,1-3H3;1-4,12-13H. The molecule has 0 saturated carbocycles. The van der Waals surface area contributed by atoms with E-state index in [-0.39, 0.29) is 37.8 Å². The highest BCUT2D eigenvalue weighted by molar-refractivity contribution is 9.10. The van der Waals surface area contributed by atoms with Crippen LogP contribution in [0.3, 0.4) is 0 Å². The average Bonchev–Trinajstić information content (AvgIpc) is 3.24. The van der Waals surface area contributed by atoms with E-state index in [9.17, 15) is 62.9 Å². The summed E-state index contributed by atoms with van der Waals surface area (Å²) in [5, 5.41) is 40.2. The highest BCUT2D eigenvalue weighted by Gasteiger charge is 2.50. The Morgan fingerprint density at radius 3 is 1.14 bits per heavy atom. The first kappa shape index (κ1) is 56.8. The number of alkyl halides is 12. The first-order valence-corrected chi connectivity index (χ1v) is 20.9. The predicted octanol–water partition coefficient (Wildman–Crippen LogP) is 11.1. The van der Waals surface area contributed by atoms with Crippen molar-refractivity contribution in [1.82, 2.24) is 19.9 Å². The summed E-state index contributed by atoms with van der Waals surface area (Å²) in [6.07, 6.45) is -11.4. The van der Waals surface area contributed by atoms with Gasteiger partial charge in [0.2, 0.25) is 0 Å². The molecule has 376 valence electrons. The Balaban J connectivity index is 0.000000249. The van der Waals surface area contributed by atoms with E-state index in [1.165, 1.54) is 67.8 Å². The van der Waals surface area contributed by atoms with E-state index < -0.39 is 82.4 Å². The van der Waals surface area contributed by atoms with Crippen LogP contribution in [0.1, 0.15) is 74.9 Å². The molecule has 0 aliphatic rings. The Labute approximate surface area is 401 Å². The largest absolute Gasteiger partial charge is 0.573 e. The number of aromatic nitrogens is 4. The molecule has 0 spiro atoms. The Morgan fingerprint density at radius 1 is 0.457 bits per heavy atom. The molecule has 70 heavy (non-hydrogen) atoms. The summed E-state index contributed by atoms with van der Waals surface area (Å²) >= 11 is 3.06. The van der Waals surface area contributed by atoms with Gasteiger partial charge in [0.1, 0.15) is 35.4 Å². The lowest BCUT2D eigenvalue weighted by Gasteiger charge is -2.42. The van der Waals surface area contributed by atoms with E-state index in [0.717, 1.165) is 54.6 Å². The number of nitrogens with zero attached hydrogens (tertiary/aromatic N) is 4. The second-order valence-electron chi connectivity index (χ2n) is 17.2. The second kappa shape index (κ2) is 21.3. The molecule has 6 rings (SSSR count). The van der Waals surface area contributed by atoms with Crippen LogP contribution in [0.15, 0.2) is 127 Å². The smallest absolute Gasteiger partial charge is 0.423 e. The van der Waals surface area contributed by atoms with Crippen LogP contribution in [0.2, 0.25) is 0 Å². The quantitative estimate of drug-likeness (QED) is 0.0857. The zero-order chi connectivity index (χ0) is 52.9. The van der Waals surface area contributed by atoms with Crippen molar-refractivity contribution in [2.75, 3.05) is 0 Å². The van der Waals surface area contributed by atoms with Crippen molar-refractivity contribution in [1.29, 1.82) is 0 Å². The molecule has 0 fully saturated rings. The zero-order valence-corrected chi connectivity index (χ0v) is 39.0. The number of hydrogen-bond acceptors (Lipinski definition) is 10. The molecular formula is C46H42BBrF12N4O6. The van der Waals surface area contributed by atoms with Crippen LogP contribution in [-0.4, -0.2) is 60.0 Å². The molecule has 10 nitrogen and oxygen atoms in total. The van der Waals surface area contributed by atoms with Crippen molar-refractivity contribution >= 4 is 28.5 Å². The van der Waals surface area contributed by atoms with Gasteiger partial charge in [-0.3, -0.25) is 0 Å². The van der Waals surface area contributed by atoms with Crippen LogP contribution >= 0.6 is 15.9 Å². The van der Waals surface area contributed by atoms with Gasteiger partial charge in [-0.05, 0) is 69.9 Å². The van der Waals surface area contributed by atoms with Crippen molar-refractivity contribution in [3.05, 3.63) is 160 Å². The zero-order valence-electron chi connectivity index (χ0n) is 37.4. The number of benzene rings is 4. The van der Waals surface area contributed by atoms with Crippen LogP contribution in [-0.2, 0) is 23.6 Å². The van der Waals surface area contributed by atoms with Gasteiger partial charge in [0, 0.05) is 51.5 Å². The molecule has 2 unspecified atom stereocenters. The molecule has 0 amide bonds. The van der Waals surface area contributed by atoms with Crippen molar-refractivity contribution < 1.29 is 82.4 Å². The Morgan fingerprint density at radius 2 is 0.800 bits per heavy atom. The van der Waals surface area contributed by atoms with E-state index in [0.29, 0.717) is 0 Å². The SMILES string of the molecule is CC(C)(C)C(O)(c1cncnc1)c1ccc(-c2ccc(OC(F)(F)F)cc2)cc1C(F)(F)F.CC(C)(C)C(O)(c1cncnc1)c1ccc(Br)cc1C(F)(F)F.OB(O)c1ccc(OC(F)(F)F)cc1. The van der Waals surface area contributed by atoms with Gasteiger partial charge in [0.25, 0.3) is 0 Å². The lowest BCUT2D eigenvalue weighted by atomic mass is 9.67. The molecular weight excluding hydrogens is 1020 g/mol. The van der Waals surface area contributed by atoms with Crippen LogP contribution < -0.4 is 14.9 Å². The van der Waals surface area contributed by atoms with E-state index in [2.05, 4.69) is 45.3 Å². The third-order valence-electron chi connectivity index (χ3n) is 10.4. The maximum absolute atomic E-state index is 14.1. The summed E-state index contributed by atoms with van der Waals surface area (Å²) in [6.45, 7) is 9.78. The molecule has 0 saturated heterocycles. The maximum Gasteiger partial charge on any atom is 0.573 e. The second-order valence-corrected chi connectivity index (χ2v) is 18.1. The van der Waals surface area contributed by atoms with Gasteiger partial charge in [-0.15, -0.1) is 26.3 Å². The van der Waals surface area contributed by atoms with Gasteiger partial charge in [-0.2, -0.15) is 26.3 Å². The highest BCUT2D eigenvalue weighted by atomic mass is 79.9. The minimum atomic E-state index is -4.88. The first-order chi connectivity index (χ1) is 32.0. The minimum Gasteiger partial charge on any atom is -0.423 e. The molecule has 6 aromatic rings. The summed E-state index contributed by atoms with van der Waals surface area (Å²) < 4.78 is 163. The topological polar surface area (TPSA) is 151 Å². The Bertz CT molecular complexity index is 2650. The van der Waals surface area contributed by atoms with Crippen molar-refractivity contribution in [3.8, 4) is 22.6 Å². The third-order valence-corrected chi connectivity index (χ3v) is 10.8. The van der Waals surface area contributed by atoms with Gasteiger partial charge in [-0.1, -0.05) is 99.9 Å².